The molecule has 0 amide bonds. The Morgan fingerprint density at radius 1 is 1.08 bits per heavy atom. The SMILES string of the molecule is COc1c(C)cc(Br)c(OC)c1C. The lowest BCUT2D eigenvalue weighted by Gasteiger charge is -2.13. The molecule has 0 aliphatic heterocycles. The zero-order chi connectivity index (χ0) is 10.0. The van der Waals surface area contributed by atoms with Gasteiger partial charge in [0.2, 0.25) is 0 Å². The van der Waals surface area contributed by atoms with E-state index in [9.17, 15) is 0 Å². The van der Waals surface area contributed by atoms with E-state index in [1.165, 1.54) is 0 Å². The minimum atomic E-state index is 0.836. The van der Waals surface area contributed by atoms with Crippen LogP contribution in [0.1, 0.15) is 11.1 Å². The molecule has 1 rings (SSSR count). The monoisotopic (exact) mass is 244 g/mol. The van der Waals surface area contributed by atoms with Gasteiger partial charge in [0.15, 0.2) is 0 Å². The van der Waals surface area contributed by atoms with Crippen LogP contribution in [-0.2, 0) is 0 Å². The third-order valence-electron chi connectivity index (χ3n) is 2.01. The number of hydrogen-bond acceptors (Lipinski definition) is 2. The topological polar surface area (TPSA) is 18.5 Å². The molecular weight excluding hydrogens is 232 g/mol. The number of aryl methyl sites for hydroxylation is 1. The Morgan fingerprint density at radius 3 is 2.08 bits per heavy atom. The third kappa shape index (κ3) is 1.80. The first-order valence-corrected chi connectivity index (χ1v) is 4.78. The highest BCUT2D eigenvalue weighted by atomic mass is 79.9. The van der Waals surface area contributed by atoms with E-state index in [1.54, 1.807) is 14.2 Å². The average molecular weight is 245 g/mol. The molecule has 0 aliphatic rings. The molecule has 0 fully saturated rings. The number of methoxy groups -OCH3 is 2. The van der Waals surface area contributed by atoms with E-state index in [0.717, 1.165) is 27.1 Å². The van der Waals surface area contributed by atoms with Crippen molar-refractivity contribution in [2.24, 2.45) is 0 Å². The predicted octanol–water partition coefficient (Wildman–Crippen LogP) is 3.08. The fraction of sp³-hybridized carbons (Fsp3) is 0.400. The normalized spacial score (nSPS) is 9.92. The quantitative estimate of drug-likeness (QED) is 0.797. The van der Waals surface area contributed by atoms with Crippen molar-refractivity contribution in [2.75, 3.05) is 14.2 Å². The maximum Gasteiger partial charge on any atom is 0.139 e. The molecule has 13 heavy (non-hydrogen) atoms. The van der Waals surface area contributed by atoms with Gasteiger partial charge in [-0.3, -0.25) is 0 Å². The second kappa shape index (κ2) is 4.01. The molecule has 0 spiro atoms. The lowest BCUT2D eigenvalue weighted by Crippen LogP contribution is -1.95. The molecule has 2 nitrogen and oxygen atoms in total. The van der Waals surface area contributed by atoms with Crippen LogP contribution in [0.3, 0.4) is 0 Å². The van der Waals surface area contributed by atoms with Gasteiger partial charge < -0.3 is 9.47 Å². The van der Waals surface area contributed by atoms with Crippen molar-refractivity contribution in [3.63, 3.8) is 0 Å². The molecule has 3 heteroatoms. The fourth-order valence-corrected chi connectivity index (χ4v) is 2.27. The number of hydrogen-bond donors (Lipinski definition) is 0. The van der Waals surface area contributed by atoms with E-state index in [0.29, 0.717) is 0 Å². The van der Waals surface area contributed by atoms with Crippen LogP contribution in [0, 0.1) is 13.8 Å². The van der Waals surface area contributed by atoms with Crippen LogP contribution in [0.15, 0.2) is 10.5 Å². The van der Waals surface area contributed by atoms with Gasteiger partial charge >= 0.3 is 0 Å². The van der Waals surface area contributed by atoms with Crippen LogP contribution >= 0.6 is 15.9 Å². The Morgan fingerprint density at radius 2 is 1.62 bits per heavy atom. The molecule has 0 saturated carbocycles. The summed E-state index contributed by atoms with van der Waals surface area (Å²) in [5, 5.41) is 0. The fourth-order valence-electron chi connectivity index (χ4n) is 1.46. The van der Waals surface area contributed by atoms with Crippen molar-refractivity contribution in [3.8, 4) is 11.5 Å². The first kappa shape index (κ1) is 10.4. The Kier molecular flexibility index (Phi) is 3.20. The molecule has 0 unspecified atom stereocenters. The molecule has 0 aromatic heterocycles. The number of rotatable bonds is 2. The minimum absolute atomic E-state index is 0.836. The van der Waals surface area contributed by atoms with Crippen molar-refractivity contribution in [1.29, 1.82) is 0 Å². The Balaban J connectivity index is 3.39. The predicted molar refractivity (Wildman–Crippen MR) is 56.7 cm³/mol. The molecule has 0 saturated heterocycles. The van der Waals surface area contributed by atoms with Gasteiger partial charge in [-0.15, -0.1) is 0 Å². The number of halogens is 1. The number of benzene rings is 1. The van der Waals surface area contributed by atoms with Gasteiger partial charge in [-0.2, -0.15) is 0 Å². The maximum absolute atomic E-state index is 5.27. The van der Waals surface area contributed by atoms with Crippen LogP contribution in [-0.4, -0.2) is 14.2 Å². The Labute approximate surface area is 87.0 Å². The van der Waals surface area contributed by atoms with Gasteiger partial charge in [-0.05, 0) is 41.4 Å². The summed E-state index contributed by atoms with van der Waals surface area (Å²) in [5.74, 6) is 1.72. The summed E-state index contributed by atoms with van der Waals surface area (Å²) in [6.07, 6.45) is 0. The average Bonchev–Trinajstić information content (AvgIpc) is 2.04. The lowest BCUT2D eigenvalue weighted by molar-refractivity contribution is 0.385. The summed E-state index contributed by atoms with van der Waals surface area (Å²) in [6, 6.07) is 1.99. The van der Waals surface area contributed by atoms with Crippen LogP contribution in [0.4, 0.5) is 0 Å². The van der Waals surface area contributed by atoms with E-state index in [2.05, 4.69) is 15.9 Å². The molecule has 1 aromatic rings. The first-order chi connectivity index (χ1) is 6.11. The van der Waals surface area contributed by atoms with Crippen LogP contribution in [0.25, 0.3) is 0 Å². The third-order valence-corrected chi connectivity index (χ3v) is 2.60. The number of ether oxygens (including phenoxy) is 2. The highest BCUT2D eigenvalue weighted by Crippen LogP contribution is 2.37. The zero-order valence-corrected chi connectivity index (χ0v) is 9.86. The summed E-state index contributed by atoms with van der Waals surface area (Å²) >= 11 is 3.44. The van der Waals surface area contributed by atoms with Crippen molar-refractivity contribution < 1.29 is 9.47 Å². The van der Waals surface area contributed by atoms with Crippen molar-refractivity contribution >= 4 is 15.9 Å². The summed E-state index contributed by atoms with van der Waals surface area (Å²) < 4.78 is 11.5. The molecule has 0 radical (unpaired) electrons. The summed E-state index contributed by atoms with van der Waals surface area (Å²) in [7, 11) is 3.32. The van der Waals surface area contributed by atoms with E-state index in [4.69, 9.17) is 9.47 Å². The Hall–Kier alpha value is -0.700. The summed E-state index contributed by atoms with van der Waals surface area (Å²) in [6.45, 7) is 3.99. The second-order valence-corrected chi connectivity index (χ2v) is 3.72. The van der Waals surface area contributed by atoms with Crippen molar-refractivity contribution in [1.82, 2.24) is 0 Å². The molecule has 0 N–H and O–H groups in total. The van der Waals surface area contributed by atoms with Gasteiger partial charge in [0.1, 0.15) is 11.5 Å². The van der Waals surface area contributed by atoms with Crippen molar-refractivity contribution in [3.05, 3.63) is 21.7 Å². The van der Waals surface area contributed by atoms with Gasteiger partial charge in [0.05, 0.1) is 18.7 Å². The van der Waals surface area contributed by atoms with E-state index in [1.807, 2.05) is 19.9 Å². The Bertz CT molecular complexity index is 293. The van der Waals surface area contributed by atoms with E-state index >= 15 is 0 Å². The summed E-state index contributed by atoms with van der Waals surface area (Å²) in [4.78, 5) is 0. The van der Waals surface area contributed by atoms with Gasteiger partial charge in [-0.1, -0.05) is 0 Å². The second-order valence-electron chi connectivity index (χ2n) is 2.87. The van der Waals surface area contributed by atoms with Gasteiger partial charge in [0, 0.05) is 5.56 Å². The molecule has 0 aliphatic carbocycles. The van der Waals surface area contributed by atoms with Crippen LogP contribution in [0.5, 0.6) is 11.5 Å². The van der Waals surface area contributed by atoms with Gasteiger partial charge in [-0.25, -0.2) is 0 Å². The smallest absolute Gasteiger partial charge is 0.139 e. The highest BCUT2D eigenvalue weighted by Gasteiger charge is 2.12. The largest absolute Gasteiger partial charge is 0.496 e. The molecule has 0 atom stereocenters. The van der Waals surface area contributed by atoms with E-state index in [-0.39, 0.29) is 0 Å². The molecular formula is C10H13BrO2. The standard InChI is InChI=1S/C10H13BrO2/c1-6-5-8(11)10(13-4)7(2)9(6)12-3/h5H,1-4H3. The maximum atomic E-state index is 5.27. The molecule has 1 aromatic carbocycles. The zero-order valence-electron chi connectivity index (χ0n) is 8.27. The minimum Gasteiger partial charge on any atom is -0.496 e. The molecule has 0 bridgehead atoms. The van der Waals surface area contributed by atoms with Gasteiger partial charge in [0.25, 0.3) is 0 Å². The van der Waals surface area contributed by atoms with Crippen molar-refractivity contribution in [2.45, 2.75) is 13.8 Å². The molecule has 0 heterocycles. The van der Waals surface area contributed by atoms with Crippen LogP contribution < -0.4 is 9.47 Å². The lowest BCUT2D eigenvalue weighted by atomic mass is 10.1. The molecule has 72 valence electrons. The highest BCUT2D eigenvalue weighted by molar-refractivity contribution is 9.10. The van der Waals surface area contributed by atoms with Crippen LogP contribution in [0.2, 0.25) is 0 Å². The van der Waals surface area contributed by atoms with E-state index < -0.39 is 0 Å². The first-order valence-electron chi connectivity index (χ1n) is 3.99. The summed E-state index contributed by atoms with van der Waals surface area (Å²) in [5.41, 5.74) is 2.13.